The zero-order valence-corrected chi connectivity index (χ0v) is 15.4. The topological polar surface area (TPSA) is 78.4 Å². The molecule has 1 heterocycles. The highest BCUT2D eigenvalue weighted by molar-refractivity contribution is 7.99. The van der Waals surface area contributed by atoms with Gasteiger partial charge in [-0.2, -0.15) is 0 Å². The van der Waals surface area contributed by atoms with Crippen LogP contribution in [0.2, 0.25) is 0 Å². The lowest BCUT2D eigenvalue weighted by Gasteiger charge is -2.14. The largest absolute Gasteiger partial charge is 0.465 e. The lowest BCUT2D eigenvalue weighted by molar-refractivity contribution is -0.144. The maximum atomic E-state index is 11.8. The number of aromatic nitrogens is 2. The van der Waals surface area contributed by atoms with E-state index >= 15 is 0 Å². The minimum Gasteiger partial charge on any atom is -0.465 e. The fraction of sp³-hybridized carbons (Fsp3) is 0.647. The fourth-order valence-electron chi connectivity index (χ4n) is 2.04. The van der Waals surface area contributed by atoms with Gasteiger partial charge >= 0.3 is 11.9 Å². The number of ether oxygens (including phenoxy) is 2. The molecular weight excluding hydrogens is 328 g/mol. The molecule has 7 heteroatoms. The average Bonchev–Trinajstić information content (AvgIpc) is 2.61. The van der Waals surface area contributed by atoms with Crippen molar-refractivity contribution >= 4 is 23.7 Å². The molecule has 1 rings (SSSR count). The van der Waals surface area contributed by atoms with E-state index in [0.717, 1.165) is 19.3 Å². The highest BCUT2D eigenvalue weighted by Gasteiger charge is 2.12. The summed E-state index contributed by atoms with van der Waals surface area (Å²) in [7, 11) is 1.30. The van der Waals surface area contributed by atoms with Gasteiger partial charge in [-0.25, -0.2) is 9.78 Å². The lowest BCUT2D eigenvalue weighted by atomic mass is 10.0. The minimum atomic E-state index is -0.526. The first-order valence-electron chi connectivity index (χ1n) is 8.29. The Kier molecular flexibility index (Phi) is 10.1. The van der Waals surface area contributed by atoms with E-state index in [0.29, 0.717) is 29.7 Å². The van der Waals surface area contributed by atoms with Crippen LogP contribution in [0.3, 0.4) is 0 Å². The molecule has 0 saturated heterocycles. The molecule has 0 aliphatic rings. The van der Waals surface area contributed by atoms with Gasteiger partial charge < -0.3 is 9.47 Å². The zero-order valence-electron chi connectivity index (χ0n) is 14.6. The molecule has 0 aromatic carbocycles. The van der Waals surface area contributed by atoms with Gasteiger partial charge in [0.25, 0.3) is 0 Å². The highest BCUT2D eigenvalue weighted by Crippen LogP contribution is 2.17. The monoisotopic (exact) mass is 354 g/mol. The van der Waals surface area contributed by atoms with Crippen LogP contribution in [-0.2, 0) is 14.3 Å². The van der Waals surface area contributed by atoms with Crippen molar-refractivity contribution in [1.29, 1.82) is 0 Å². The molecule has 6 nitrogen and oxygen atoms in total. The lowest BCUT2D eigenvalue weighted by Crippen LogP contribution is -2.14. The molecule has 0 N–H and O–H groups in total. The van der Waals surface area contributed by atoms with Crippen LogP contribution in [0.4, 0.5) is 0 Å². The number of rotatable bonds is 11. The molecule has 0 radical (unpaired) electrons. The Morgan fingerprint density at radius 1 is 1.29 bits per heavy atom. The molecule has 0 aliphatic carbocycles. The van der Waals surface area contributed by atoms with Gasteiger partial charge in [-0.15, -0.1) is 11.8 Å². The van der Waals surface area contributed by atoms with E-state index in [-0.39, 0.29) is 11.7 Å². The fourth-order valence-corrected chi connectivity index (χ4v) is 2.82. The van der Waals surface area contributed by atoms with Gasteiger partial charge in [0.15, 0.2) is 5.69 Å². The number of methoxy groups -OCH3 is 1. The van der Waals surface area contributed by atoms with Gasteiger partial charge in [0, 0.05) is 5.75 Å². The molecule has 1 atom stereocenters. The van der Waals surface area contributed by atoms with Crippen molar-refractivity contribution < 1.29 is 19.1 Å². The maximum absolute atomic E-state index is 11.8. The van der Waals surface area contributed by atoms with Crippen LogP contribution in [0.15, 0.2) is 17.4 Å². The zero-order chi connectivity index (χ0) is 17.8. The van der Waals surface area contributed by atoms with Gasteiger partial charge in [-0.3, -0.25) is 9.78 Å². The molecule has 1 aromatic rings. The molecule has 1 aromatic heterocycles. The summed E-state index contributed by atoms with van der Waals surface area (Å²) in [6.07, 6.45) is 7.67. The average molecular weight is 354 g/mol. The Morgan fingerprint density at radius 3 is 2.75 bits per heavy atom. The van der Waals surface area contributed by atoms with Crippen LogP contribution < -0.4 is 0 Å². The third-order valence-corrected chi connectivity index (χ3v) is 4.49. The molecule has 1 unspecified atom stereocenters. The van der Waals surface area contributed by atoms with E-state index < -0.39 is 5.97 Å². The number of carbonyl (C=O) groups excluding carboxylic acids is 2. The maximum Gasteiger partial charge on any atom is 0.358 e. The second-order valence-corrected chi connectivity index (χ2v) is 6.55. The van der Waals surface area contributed by atoms with E-state index in [1.54, 1.807) is 6.20 Å². The van der Waals surface area contributed by atoms with E-state index in [9.17, 15) is 9.59 Å². The Labute approximate surface area is 147 Å². The van der Waals surface area contributed by atoms with Gasteiger partial charge in [0.1, 0.15) is 5.03 Å². The van der Waals surface area contributed by atoms with Crippen LogP contribution in [0.25, 0.3) is 0 Å². The van der Waals surface area contributed by atoms with Crippen LogP contribution in [0, 0.1) is 5.92 Å². The van der Waals surface area contributed by atoms with Crippen LogP contribution in [0.5, 0.6) is 0 Å². The highest BCUT2D eigenvalue weighted by atomic mass is 32.2. The summed E-state index contributed by atoms with van der Waals surface area (Å²) in [5.41, 5.74) is 0.159. The number of hydrogen-bond donors (Lipinski definition) is 0. The van der Waals surface area contributed by atoms with Crippen molar-refractivity contribution in [2.75, 3.05) is 19.5 Å². The first-order valence-corrected chi connectivity index (χ1v) is 9.28. The van der Waals surface area contributed by atoms with E-state index in [1.807, 2.05) is 0 Å². The Morgan fingerprint density at radius 2 is 2.08 bits per heavy atom. The normalized spacial score (nSPS) is 11.8. The Hall–Kier alpha value is -1.63. The molecular formula is C17H26N2O4S. The number of esters is 2. The standard InChI is InChI=1S/C17H26N2O4S/c1-4-6-7-13(5-2)12-23-16(20)8-9-24-15-11-18-10-14(19-15)17(21)22-3/h10-11,13H,4-9,12H2,1-3H3. The van der Waals surface area contributed by atoms with Gasteiger partial charge in [0.05, 0.1) is 32.5 Å². The van der Waals surface area contributed by atoms with Gasteiger partial charge in [0.2, 0.25) is 0 Å². The smallest absolute Gasteiger partial charge is 0.358 e. The molecule has 0 aliphatic heterocycles. The summed E-state index contributed by atoms with van der Waals surface area (Å²) < 4.78 is 9.95. The molecule has 0 bridgehead atoms. The molecule has 0 spiro atoms. The van der Waals surface area contributed by atoms with E-state index in [4.69, 9.17) is 4.74 Å². The summed E-state index contributed by atoms with van der Waals surface area (Å²) in [4.78, 5) is 31.3. The third-order valence-electron chi connectivity index (χ3n) is 3.59. The second-order valence-electron chi connectivity index (χ2n) is 5.43. The van der Waals surface area contributed by atoms with E-state index in [1.165, 1.54) is 31.5 Å². The van der Waals surface area contributed by atoms with E-state index in [2.05, 4.69) is 28.6 Å². The van der Waals surface area contributed by atoms with Crippen molar-refractivity contribution in [3.63, 3.8) is 0 Å². The number of nitrogens with zero attached hydrogens (tertiary/aromatic N) is 2. The number of hydrogen-bond acceptors (Lipinski definition) is 7. The summed E-state index contributed by atoms with van der Waals surface area (Å²) in [6, 6.07) is 0. The number of unbranched alkanes of at least 4 members (excludes halogenated alkanes) is 1. The molecule has 24 heavy (non-hydrogen) atoms. The summed E-state index contributed by atoms with van der Waals surface area (Å²) in [6.45, 7) is 4.78. The van der Waals surface area contributed by atoms with Crippen molar-refractivity contribution in [3.8, 4) is 0 Å². The molecule has 0 fully saturated rings. The second kappa shape index (κ2) is 11.8. The predicted octanol–water partition coefficient (Wildman–Crippen LogP) is 3.51. The quantitative estimate of drug-likeness (QED) is 0.444. The Bertz CT molecular complexity index is 525. The van der Waals surface area contributed by atoms with Gasteiger partial charge in [-0.05, 0) is 12.3 Å². The summed E-state index contributed by atoms with van der Waals surface area (Å²) >= 11 is 1.36. The SMILES string of the molecule is CCCCC(CC)COC(=O)CCSc1cncc(C(=O)OC)n1. The van der Waals surface area contributed by atoms with Crippen molar-refractivity contribution in [2.24, 2.45) is 5.92 Å². The minimum absolute atomic E-state index is 0.159. The van der Waals surface area contributed by atoms with Crippen molar-refractivity contribution in [2.45, 2.75) is 51.0 Å². The summed E-state index contributed by atoms with van der Waals surface area (Å²) in [5.74, 6) is 0.255. The first-order chi connectivity index (χ1) is 11.6. The van der Waals surface area contributed by atoms with Crippen LogP contribution >= 0.6 is 11.8 Å². The van der Waals surface area contributed by atoms with Gasteiger partial charge in [-0.1, -0.05) is 33.1 Å². The predicted molar refractivity (Wildman–Crippen MR) is 93.0 cm³/mol. The molecule has 0 amide bonds. The van der Waals surface area contributed by atoms with Crippen LogP contribution in [0.1, 0.15) is 56.4 Å². The van der Waals surface area contributed by atoms with Crippen molar-refractivity contribution in [1.82, 2.24) is 9.97 Å². The number of thioether (sulfide) groups is 1. The molecule has 134 valence electrons. The third kappa shape index (κ3) is 7.77. The van der Waals surface area contributed by atoms with Crippen LogP contribution in [-0.4, -0.2) is 41.4 Å². The van der Waals surface area contributed by atoms with Crippen molar-refractivity contribution in [3.05, 3.63) is 18.1 Å². The molecule has 0 saturated carbocycles. The Balaban J connectivity index is 2.31. The first kappa shape index (κ1) is 20.4. The number of carbonyl (C=O) groups is 2. The summed E-state index contributed by atoms with van der Waals surface area (Å²) in [5, 5.41) is 0.583.